The molecule has 21 heavy (non-hydrogen) atoms. The van der Waals surface area contributed by atoms with Gasteiger partial charge in [-0.2, -0.15) is 5.10 Å². The lowest BCUT2D eigenvalue weighted by atomic mass is 10.2. The van der Waals surface area contributed by atoms with Crippen LogP contribution >= 0.6 is 34.8 Å². The van der Waals surface area contributed by atoms with Crippen LogP contribution in [0.2, 0.25) is 15.1 Å². The Hall–Kier alpha value is -1.82. The molecule has 0 spiro atoms. The van der Waals surface area contributed by atoms with Gasteiger partial charge in [0.2, 0.25) is 5.75 Å². The highest BCUT2D eigenvalue weighted by Crippen LogP contribution is 2.36. The largest absolute Gasteiger partial charge is 0.504 e. The van der Waals surface area contributed by atoms with Crippen LogP contribution in [0.15, 0.2) is 29.4 Å². The van der Waals surface area contributed by atoms with Crippen LogP contribution in [0.1, 0.15) is 5.56 Å². The Kier molecular flexibility index (Phi) is 4.67. The summed E-state index contributed by atoms with van der Waals surface area (Å²) in [5, 5.41) is 33.0. The van der Waals surface area contributed by atoms with E-state index in [0.717, 1.165) is 0 Å². The Morgan fingerprint density at radius 1 is 0.952 bits per heavy atom. The smallest absolute Gasteiger partial charge is 0.200 e. The van der Waals surface area contributed by atoms with Crippen molar-refractivity contribution in [2.75, 3.05) is 5.43 Å². The minimum absolute atomic E-state index is 0.194. The molecular weight excluding hydrogens is 339 g/mol. The van der Waals surface area contributed by atoms with Gasteiger partial charge in [0.1, 0.15) is 0 Å². The monoisotopic (exact) mass is 346 g/mol. The van der Waals surface area contributed by atoms with Crippen LogP contribution < -0.4 is 5.43 Å². The van der Waals surface area contributed by atoms with Crippen LogP contribution in [0, 0.1) is 0 Å². The zero-order chi connectivity index (χ0) is 15.6. The van der Waals surface area contributed by atoms with E-state index in [2.05, 4.69) is 10.5 Å². The molecular formula is C13H9Cl3N2O3. The summed E-state index contributed by atoms with van der Waals surface area (Å²) in [5.41, 5.74) is 3.15. The molecule has 110 valence electrons. The highest BCUT2D eigenvalue weighted by Gasteiger charge is 2.10. The van der Waals surface area contributed by atoms with E-state index in [9.17, 15) is 15.3 Å². The molecule has 0 saturated heterocycles. The molecule has 5 nitrogen and oxygen atoms in total. The van der Waals surface area contributed by atoms with Crippen molar-refractivity contribution in [1.29, 1.82) is 0 Å². The first-order valence-electron chi connectivity index (χ1n) is 5.57. The van der Waals surface area contributed by atoms with Gasteiger partial charge in [0.15, 0.2) is 11.5 Å². The van der Waals surface area contributed by atoms with Crippen LogP contribution in [0.3, 0.4) is 0 Å². The zero-order valence-corrected chi connectivity index (χ0v) is 12.6. The third-order valence-electron chi connectivity index (χ3n) is 2.55. The van der Waals surface area contributed by atoms with Crippen molar-refractivity contribution in [2.24, 2.45) is 5.10 Å². The number of nitrogens with zero attached hydrogens (tertiary/aromatic N) is 1. The van der Waals surface area contributed by atoms with Gasteiger partial charge in [-0.3, -0.25) is 5.43 Å². The van der Waals surface area contributed by atoms with Crippen molar-refractivity contribution in [3.8, 4) is 17.2 Å². The van der Waals surface area contributed by atoms with Crippen molar-refractivity contribution >= 4 is 46.7 Å². The van der Waals surface area contributed by atoms with Gasteiger partial charge < -0.3 is 15.3 Å². The Bertz CT molecular complexity index is 697. The zero-order valence-electron chi connectivity index (χ0n) is 10.3. The van der Waals surface area contributed by atoms with Gasteiger partial charge >= 0.3 is 0 Å². The van der Waals surface area contributed by atoms with Crippen LogP contribution in [-0.4, -0.2) is 21.5 Å². The summed E-state index contributed by atoms with van der Waals surface area (Å²) in [4.78, 5) is 0. The molecule has 0 aromatic heterocycles. The normalized spacial score (nSPS) is 11.0. The van der Waals surface area contributed by atoms with Crippen LogP contribution in [0.4, 0.5) is 5.69 Å². The fraction of sp³-hybridized carbons (Fsp3) is 0. The predicted molar refractivity (Wildman–Crippen MR) is 84.1 cm³/mol. The number of nitrogens with one attached hydrogen (secondary N) is 1. The molecule has 0 fully saturated rings. The third kappa shape index (κ3) is 3.44. The summed E-state index contributed by atoms with van der Waals surface area (Å²) < 4.78 is 0. The molecule has 2 aromatic rings. The van der Waals surface area contributed by atoms with Crippen molar-refractivity contribution < 1.29 is 15.3 Å². The van der Waals surface area contributed by atoms with Crippen LogP contribution in [0.5, 0.6) is 17.2 Å². The van der Waals surface area contributed by atoms with Gasteiger partial charge in [0.25, 0.3) is 0 Å². The molecule has 2 rings (SSSR count). The minimum atomic E-state index is -0.624. The Morgan fingerprint density at radius 2 is 1.57 bits per heavy atom. The van der Waals surface area contributed by atoms with E-state index in [-0.39, 0.29) is 15.6 Å². The highest BCUT2D eigenvalue weighted by molar-refractivity contribution is 6.41. The van der Waals surface area contributed by atoms with E-state index in [1.807, 2.05) is 0 Å². The standard InChI is InChI=1S/C13H9Cl3N2O3/c14-7-3-8(15)11(9(16)4-7)18-17-5-6-1-2-10(19)13(21)12(6)20/h1-5,18-21H. The molecule has 8 heteroatoms. The van der Waals surface area contributed by atoms with Gasteiger partial charge in [-0.1, -0.05) is 34.8 Å². The number of benzene rings is 2. The summed E-state index contributed by atoms with van der Waals surface area (Å²) in [6, 6.07) is 5.59. The lowest BCUT2D eigenvalue weighted by molar-refractivity contribution is 0.367. The number of phenols is 3. The van der Waals surface area contributed by atoms with Crippen molar-refractivity contribution in [3.63, 3.8) is 0 Å². The molecule has 0 saturated carbocycles. The van der Waals surface area contributed by atoms with E-state index < -0.39 is 17.2 Å². The fourth-order valence-electron chi connectivity index (χ4n) is 1.50. The Labute approximate surface area is 135 Å². The molecule has 0 radical (unpaired) electrons. The first-order chi connectivity index (χ1) is 9.90. The quantitative estimate of drug-likeness (QED) is 0.381. The van der Waals surface area contributed by atoms with Gasteiger partial charge in [-0.25, -0.2) is 0 Å². The van der Waals surface area contributed by atoms with Crippen molar-refractivity contribution in [3.05, 3.63) is 44.9 Å². The molecule has 4 N–H and O–H groups in total. The fourth-order valence-corrected chi connectivity index (χ4v) is 2.41. The lowest BCUT2D eigenvalue weighted by Crippen LogP contribution is -1.93. The van der Waals surface area contributed by atoms with E-state index in [1.165, 1.54) is 30.5 Å². The van der Waals surface area contributed by atoms with Gasteiger partial charge in [0, 0.05) is 10.6 Å². The molecule has 2 aromatic carbocycles. The average molecular weight is 348 g/mol. The second-order valence-electron chi connectivity index (χ2n) is 3.99. The van der Waals surface area contributed by atoms with Crippen LogP contribution in [-0.2, 0) is 0 Å². The van der Waals surface area contributed by atoms with E-state index >= 15 is 0 Å². The predicted octanol–water partition coefficient (Wildman–Crippen LogP) is 4.21. The first kappa shape index (κ1) is 15.6. The SMILES string of the molecule is Oc1ccc(C=NNc2c(Cl)cc(Cl)cc2Cl)c(O)c1O. The van der Waals surface area contributed by atoms with E-state index in [4.69, 9.17) is 34.8 Å². The number of hydrogen-bond donors (Lipinski definition) is 4. The summed E-state index contributed by atoms with van der Waals surface area (Å²) in [5.74, 6) is -1.54. The molecule has 0 aliphatic heterocycles. The Balaban J connectivity index is 2.23. The summed E-state index contributed by atoms with van der Waals surface area (Å²) in [7, 11) is 0. The van der Waals surface area contributed by atoms with Crippen LogP contribution in [0.25, 0.3) is 0 Å². The van der Waals surface area contributed by atoms with Gasteiger partial charge in [-0.15, -0.1) is 0 Å². The van der Waals surface area contributed by atoms with E-state index in [0.29, 0.717) is 10.7 Å². The maximum absolute atomic E-state index is 9.62. The Morgan fingerprint density at radius 3 is 2.19 bits per heavy atom. The maximum atomic E-state index is 9.62. The molecule has 0 aliphatic carbocycles. The molecule has 0 unspecified atom stereocenters. The highest BCUT2D eigenvalue weighted by atomic mass is 35.5. The number of rotatable bonds is 3. The summed E-state index contributed by atoms with van der Waals surface area (Å²) in [6.07, 6.45) is 1.23. The van der Waals surface area contributed by atoms with Crippen molar-refractivity contribution in [2.45, 2.75) is 0 Å². The van der Waals surface area contributed by atoms with Gasteiger partial charge in [-0.05, 0) is 24.3 Å². The number of phenolic OH excluding ortho intramolecular Hbond substituents is 3. The average Bonchev–Trinajstić information content (AvgIpc) is 2.41. The third-order valence-corrected chi connectivity index (χ3v) is 3.36. The second kappa shape index (κ2) is 6.30. The molecule has 0 amide bonds. The summed E-state index contributed by atoms with van der Waals surface area (Å²) >= 11 is 17.7. The van der Waals surface area contributed by atoms with E-state index in [1.54, 1.807) is 0 Å². The number of hydrogen-bond acceptors (Lipinski definition) is 5. The molecule has 0 atom stereocenters. The second-order valence-corrected chi connectivity index (χ2v) is 5.24. The topological polar surface area (TPSA) is 85.1 Å². The molecule has 0 aliphatic rings. The maximum Gasteiger partial charge on any atom is 0.200 e. The molecule has 0 bridgehead atoms. The number of hydrazone groups is 1. The summed E-state index contributed by atoms with van der Waals surface area (Å²) in [6.45, 7) is 0. The van der Waals surface area contributed by atoms with Gasteiger partial charge in [0.05, 0.1) is 21.9 Å². The number of aromatic hydroxyl groups is 3. The lowest BCUT2D eigenvalue weighted by Gasteiger charge is -2.07. The number of halogens is 3. The number of anilines is 1. The first-order valence-corrected chi connectivity index (χ1v) is 6.71. The van der Waals surface area contributed by atoms with Crippen molar-refractivity contribution in [1.82, 2.24) is 0 Å². The minimum Gasteiger partial charge on any atom is -0.504 e. The molecule has 0 heterocycles.